The van der Waals surface area contributed by atoms with Crippen LogP contribution in [-0.2, 0) is 6.42 Å². The van der Waals surface area contributed by atoms with Crippen LogP contribution in [0, 0.1) is 0 Å². The Morgan fingerprint density at radius 2 is 2.06 bits per heavy atom. The first kappa shape index (κ1) is 11.7. The van der Waals surface area contributed by atoms with E-state index in [4.69, 9.17) is 11.6 Å². The molecule has 0 saturated carbocycles. The van der Waals surface area contributed by atoms with E-state index >= 15 is 0 Å². The van der Waals surface area contributed by atoms with Crippen molar-refractivity contribution in [1.29, 1.82) is 0 Å². The van der Waals surface area contributed by atoms with Crippen LogP contribution in [0.15, 0.2) is 18.2 Å². The maximum Gasteiger partial charge on any atom is 0.134 e. The van der Waals surface area contributed by atoms with Gasteiger partial charge in [0.2, 0.25) is 0 Å². The van der Waals surface area contributed by atoms with Crippen LogP contribution in [0.25, 0.3) is 0 Å². The molecule has 0 aliphatic carbocycles. The van der Waals surface area contributed by atoms with E-state index in [1.165, 1.54) is 5.56 Å². The van der Waals surface area contributed by atoms with Crippen LogP contribution >= 0.6 is 11.6 Å². The highest BCUT2D eigenvalue weighted by Crippen LogP contribution is 2.23. The first-order valence-electron chi connectivity index (χ1n) is 5.66. The van der Waals surface area contributed by atoms with Crippen LogP contribution in [0.2, 0.25) is 5.02 Å². The predicted molar refractivity (Wildman–Crippen MR) is 66.1 cm³/mol. The molecule has 0 unspecified atom stereocenters. The van der Waals surface area contributed by atoms with Crippen molar-refractivity contribution in [2.24, 2.45) is 0 Å². The maximum absolute atomic E-state index is 9.31. The van der Waals surface area contributed by atoms with Crippen LogP contribution in [-0.4, -0.2) is 42.7 Å². The molecule has 0 atom stereocenters. The van der Waals surface area contributed by atoms with Crippen LogP contribution in [0.3, 0.4) is 0 Å². The van der Waals surface area contributed by atoms with Gasteiger partial charge in [-0.25, -0.2) is 0 Å². The molecule has 1 aromatic carbocycles. The highest BCUT2D eigenvalue weighted by Gasteiger charge is 2.09. The van der Waals surface area contributed by atoms with E-state index in [9.17, 15) is 5.11 Å². The van der Waals surface area contributed by atoms with Crippen LogP contribution in [0.5, 0.6) is 5.75 Å². The number of piperazine rings is 1. The Bertz CT molecular complexity index is 351. The highest BCUT2D eigenvalue weighted by atomic mass is 35.5. The van der Waals surface area contributed by atoms with Gasteiger partial charge in [-0.1, -0.05) is 17.7 Å². The van der Waals surface area contributed by atoms with Gasteiger partial charge in [0, 0.05) is 32.7 Å². The zero-order valence-electron chi connectivity index (χ0n) is 9.25. The van der Waals surface area contributed by atoms with E-state index < -0.39 is 0 Å². The van der Waals surface area contributed by atoms with E-state index in [2.05, 4.69) is 10.2 Å². The molecule has 1 heterocycles. The number of benzene rings is 1. The van der Waals surface area contributed by atoms with Crippen LogP contribution < -0.4 is 5.32 Å². The van der Waals surface area contributed by atoms with Crippen molar-refractivity contribution in [3.8, 4) is 5.75 Å². The van der Waals surface area contributed by atoms with Crippen molar-refractivity contribution in [2.45, 2.75) is 6.42 Å². The van der Waals surface area contributed by atoms with Gasteiger partial charge in [-0.2, -0.15) is 0 Å². The Labute approximate surface area is 101 Å². The summed E-state index contributed by atoms with van der Waals surface area (Å²) in [6, 6.07) is 5.44. The number of nitrogens with one attached hydrogen (secondary N) is 1. The molecule has 1 aliphatic rings. The number of nitrogens with zero attached hydrogens (tertiary/aromatic N) is 1. The molecule has 0 bridgehead atoms. The van der Waals surface area contributed by atoms with Gasteiger partial charge >= 0.3 is 0 Å². The molecular weight excluding hydrogens is 224 g/mol. The molecule has 1 aromatic rings. The predicted octanol–water partition coefficient (Wildman–Crippen LogP) is 1.49. The molecule has 1 fully saturated rings. The third-order valence-electron chi connectivity index (χ3n) is 2.94. The second kappa shape index (κ2) is 5.53. The average Bonchev–Trinajstić information content (AvgIpc) is 2.32. The normalized spacial score (nSPS) is 17.6. The fourth-order valence-corrected chi connectivity index (χ4v) is 2.13. The third-order valence-corrected chi connectivity index (χ3v) is 3.24. The Balaban J connectivity index is 1.86. The molecule has 4 heteroatoms. The highest BCUT2D eigenvalue weighted by molar-refractivity contribution is 6.32. The summed E-state index contributed by atoms with van der Waals surface area (Å²) in [5, 5.41) is 13.1. The van der Waals surface area contributed by atoms with Gasteiger partial charge in [0.05, 0.1) is 5.02 Å². The lowest BCUT2D eigenvalue weighted by Crippen LogP contribution is -2.44. The summed E-state index contributed by atoms with van der Waals surface area (Å²) >= 11 is 5.86. The van der Waals surface area contributed by atoms with Crippen molar-refractivity contribution in [3.63, 3.8) is 0 Å². The summed E-state index contributed by atoms with van der Waals surface area (Å²) in [5.41, 5.74) is 1.18. The minimum Gasteiger partial charge on any atom is -0.506 e. The summed E-state index contributed by atoms with van der Waals surface area (Å²) in [7, 11) is 0. The number of phenolic OH excluding ortho intramolecular Hbond substituents is 1. The lowest BCUT2D eigenvalue weighted by molar-refractivity contribution is 0.244. The Morgan fingerprint density at radius 3 is 2.75 bits per heavy atom. The van der Waals surface area contributed by atoms with Gasteiger partial charge in [0.25, 0.3) is 0 Å². The Hall–Kier alpha value is -0.770. The van der Waals surface area contributed by atoms with Crippen molar-refractivity contribution in [3.05, 3.63) is 28.8 Å². The van der Waals surface area contributed by atoms with Crippen molar-refractivity contribution < 1.29 is 5.11 Å². The fourth-order valence-electron chi connectivity index (χ4n) is 1.93. The molecule has 1 saturated heterocycles. The molecule has 16 heavy (non-hydrogen) atoms. The summed E-state index contributed by atoms with van der Waals surface area (Å²) in [6.45, 7) is 5.45. The van der Waals surface area contributed by atoms with Crippen LogP contribution in [0.1, 0.15) is 5.56 Å². The summed E-state index contributed by atoms with van der Waals surface area (Å²) in [6.07, 6.45) is 0.986. The first-order chi connectivity index (χ1) is 7.75. The Kier molecular flexibility index (Phi) is 4.04. The summed E-state index contributed by atoms with van der Waals surface area (Å²) in [5.74, 6) is 0.160. The minimum absolute atomic E-state index is 0.160. The van der Waals surface area contributed by atoms with Gasteiger partial charge in [0.15, 0.2) is 0 Å². The lowest BCUT2D eigenvalue weighted by atomic mass is 10.1. The van der Waals surface area contributed by atoms with Crippen molar-refractivity contribution >= 4 is 11.6 Å². The number of phenols is 1. The molecule has 0 spiro atoms. The smallest absolute Gasteiger partial charge is 0.134 e. The minimum atomic E-state index is 0.160. The van der Waals surface area contributed by atoms with E-state index in [0.29, 0.717) is 5.02 Å². The largest absolute Gasteiger partial charge is 0.506 e. The van der Waals surface area contributed by atoms with E-state index in [1.54, 1.807) is 6.07 Å². The number of halogens is 1. The molecule has 88 valence electrons. The quantitative estimate of drug-likeness (QED) is 0.841. The van der Waals surface area contributed by atoms with Crippen LogP contribution in [0.4, 0.5) is 0 Å². The number of aromatic hydroxyl groups is 1. The molecular formula is C12H17ClN2O. The van der Waals surface area contributed by atoms with Crippen molar-refractivity contribution in [2.75, 3.05) is 32.7 Å². The van der Waals surface area contributed by atoms with Gasteiger partial charge in [-0.3, -0.25) is 0 Å². The molecule has 2 rings (SSSR count). The maximum atomic E-state index is 9.31. The summed E-state index contributed by atoms with van der Waals surface area (Å²) < 4.78 is 0. The molecule has 3 nitrogen and oxygen atoms in total. The molecule has 2 N–H and O–H groups in total. The average molecular weight is 241 g/mol. The molecule has 0 aromatic heterocycles. The lowest BCUT2D eigenvalue weighted by Gasteiger charge is -2.27. The zero-order chi connectivity index (χ0) is 11.4. The van der Waals surface area contributed by atoms with E-state index in [-0.39, 0.29) is 5.75 Å². The van der Waals surface area contributed by atoms with Gasteiger partial charge in [-0.15, -0.1) is 0 Å². The number of rotatable bonds is 3. The zero-order valence-corrected chi connectivity index (χ0v) is 10.0. The van der Waals surface area contributed by atoms with E-state index in [1.807, 2.05) is 12.1 Å². The second-order valence-corrected chi connectivity index (χ2v) is 4.53. The Morgan fingerprint density at radius 1 is 1.31 bits per heavy atom. The fraction of sp³-hybridized carbons (Fsp3) is 0.500. The second-order valence-electron chi connectivity index (χ2n) is 4.13. The third kappa shape index (κ3) is 3.11. The standard InChI is InChI=1S/C12H17ClN2O/c13-11-9-10(1-2-12(11)16)3-6-15-7-4-14-5-8-15/h1-2,9,14,16H,3-8H2. The van der Waals surface area contributed by atoms with Crippen molar-refractivity contribution in [1.82, 2.24) is 10.2 Å². The van der Waals surface area contributed by atoms with Gasteiger partial charge < -0.3 is 15.3 Å². The van der Waals surface area contributed by atoms with Gasteiger partial charge in [0.1, 0.15) is 5.75 Å². The first-order valence-corrected chi connectivity index (χ1v) is 6.04. The van der Waals surface area contributed by atoms with Gasteiger partial charge in [-0.05, 0) is 24.1 Å². The molecule has 0 amide bonds. The monoisotopic (exact) mass is 240 g/mol. The van der Waals surface area contributed by atoms with E-state index in [0.717, 1.165) is 39.1 Å². The number of hydrogen-bond acceptors (Lipinski definition) is 3. The molecule has 1 aliphatic heterocycles. The summed E-state index contributed by atoms with van der Waals surface area (Å²) in [4.78, 5) is 2.44. The topological polar surface area (TPSA) is 35.5 Å². The molecule has 0 radical (unpaired) electrons. The SMILES string of the molecule is Oc1ccc(CCN2CCNCC2)cc1Cl. The number of hydrogen-bond donors (Lipinski definition) is 2.